The summed E-state index contributed by atoms with van der Waals surface area (Å²) in [5.74, 6) is 1.87. The Morgan fingerprint density at radius 1 is 1.16 bits per heavy atom. The molecule has 1 saturated carbocycles. The predicted octanol–water partition coefficient (Wildman–Crippen LogP) is 4.80. The maximum Gasteiger partial charge on any atom is 0.0374 e. The van der Waals surface area contributed by atoms with Crippen molar-refractivity contribution in [3.05, 3.63) is 29.3 Å². The maximum atomic E-state index is 3.60. The Hall–Kier alpha value is -0.980. The summed E-state index contributed by atoms with van der Waals surface area (Å²) in [7, 11) is 0. The average molecular weight is 257 g/mol. The lowest BCUT2D eigenvalue weighted by Gasteiger charge is -2.28. The van der Waals surface area contributed by atoms with E-state index in [9.17, 15) is 0 Å². The first-order chi connectivity index (χ1) is 9.20. The van der Waals surface area contributed by atoms with Gasteiger partial charge in [-0.1, -0.05) is 38.3 Å². The SMILES string of the molecule is CC1CCCC(Cc2ccc3c(c2)CCC(C)N3)C1. The molecule has 104 valence electrons. The normalized spacial score (nSPS) is 30.5. The molecule has 1 aromatic carbocycles. The summed E-state index contributed by atoms with van der Waals surface area (Å²) < 4.78 is 0. The van der Waals surface area contributed by atoms with Gasteiger partial charge in [0, 0.05) is 11.7 Å². The molecule has 1 fully saturated rings. The number of hydrogen-bond donors (Lipinski definition) is 1. The zero-order chi connectivity index (χ0) is 13.2. The Morgan fingerprint density at radius 3 is 2.89 bits per heavy atom. The van der Waals surface area contributed by atoms with Gasteiger partial charge in [-0.3, -0.25) is 0 Å². The minimum atomic E-state index is 0.637. The van der Waals surface area contributed by atoms with Crippen LogP contribution in [0.3, 0.4) is 0 Å². The number of anilines is 1. The van der Waals surface area contributed by atoms with E-state index >= 15 is 0 Å². The van der Waals surface area contributed by atoms with E-state index < -0.39 is 0 Å². The largest absolute Gasteiger partial charge is 0.382 e. The van der Waals surface area contributed by atoms with E-state index in [0.29, 0.717) is 6.04 Å². The molecule has 1 aromatic rings. The summed E-state index contributed by atoms with van der Waals surface area (Å²) in [5, 5.41) is 3.60. The van der Waals surface area contributed by atoms with E-state index in [4.69, 9.17) is 0 Å². The van der Waals surface area contributed by atoms with E-state index in [1.165, 1.54) is 50.6 Å². The standard InChI is InChI=1S/C18H27N/c1-13-4-3-5-15(10-13)11-16-7-9-18-17(12-16)8-6-14(2)19-18/h7,9,12-15,19H,3-6,8,10-11H2,1-2H3. The number of rotatable bonds is 2. The van der Waals surface area contributed by atoms with Crippen molar-refractivity contribution in [1.82, 2.24) is 0 Å². The van der Waals surface area contributed by atoms with Crippen molar-refractivity contribution >= 4 is 5.69 Å². The fourth-order valence-electron chi connectivity index (χ4n) is 3.91. The van der Waals surface area contributed by atoms with Gasteiger partial charge < -0.3 is 5.32 Å². The molecular formula is C18H27N. The Labute approximate surface area is 117 Å². The summed E-state index contributed by atoms with van der Waals surface area (Å²) in [6.45, 7) is 4.70. The van der Waals surface area contributed by atoms with E-state index in [0.717, 1.165) is 11.8 Å². The number of hydrogen-bond acceptors (Lipinski definition) is 1. The van der Waals surface area contributed by atoms with Gasteiger partial charge in [0.05, 0.1) is 0 Å². The number of nitrogens with one attached hydrogen (secondary N) is 1. The van der Waals surface area contributed by atoms with E-state index in [1.807, 2.05) is 0 Å². The molecule has 1 aliphatic carbocycles. The van der Waals surface area contributed by atoms with E-state index in [1.54, 1.807) is 11.1 Å². The minimum absolute atomic E-state index is 0.637. The van der Waals surface area contributed by atoms with Crippen molar-refractivity contribution in [1.29, 1.82) is 0 Å². The molecule has 0 radical (unpaired) electrons. The molecule has 1 N–H and O–H groups in total. The molecule has 1 aliphatic heterocycles. The molecule has 19 heavy (non-hydrogen) atoms. The number of benzene rings is 1. The topological polar surface area (TPSA) is 12.0 Å². The molecule has 0 amide bonds. The highest BCUT2D eigenvalue weighted by atomic mass is 14.9. The highest BCUT2D eigenvalue weighted by Gasteiger charge is 2.20. The second-order valence-electron chi connectivity index (χ2n) is 6.92. The fourth-order valence-corrected chi connectivity index (χ4v) is 3.91. The maximum absolute atomic E-state index is 3.60. The lowest BCUT2D eigenvalue weighted by Crippen LogP contribution is -2.22. The van der Waals surface area contributed by atoms with Crippen molar-refractivity contribution in [2.45, 2.75) is 64.8 Å². The van der Waals surface area contributed by atoms with Crippen LogP contribution in [0.1, 0.15) is 57.1 Å². The van der Waals surface area contributed by atoms with Crippen LogP contribution in [-0.4, -0.2) is 6.04 Å². The van der Waals surface area contributed by atoms with Crippen LogP contribution in [0.25, 0.3) is 0 Å². The van der Waals surface area contributed by atoms with Gasteiger partial charge in [-0.25, -0.2) is 0 Å². The van der Waals surface area contributed by atoms with Crippen molar-refractivity contribution in [2.24, 2.45) is 11.8 Å². The number of fused-ring (bicyclic) bond motifs is 1. The van der Waals surface area contributed by atoms with Crippen molar-refractivity contribution in [3.63, 3.8) is 0 Å². The summed E-state index contributed by atoms with van der Waals surface area (Å²) >= 11 is 0. The van der Waals surface area contributed by atoms with Crippen molar-refractivity contribution in [2.75, 3.05) is 5.32 Å². The third-order valence-corrected chi connectivity index (χ3v) is 4.99. The molecule has 1 heterocycles. The first-order valence-corrected chi connectivity index (χ1v) is 8.09. The number of aryl methyl sites for hydroxylation is 1. The van der Waals surface area contributed by atoms with Gasteiger partial charge >= 0.3 is 0 Å². The molecule has 1 nitrogen and oxygen atoms in total. The van der Waals surface area contributed by atoms with Gasteiger partial charge in [-0.05, 0) is 61.6 Å². The summed E-state index contributed by atoms with van der Waals surface area (Å²) in [6.07, 6.45) is 9.59. The predicted molar refractivity (Wildman–Crippen MR) is 82.7 cm³/mol. The molecule has 3 atom stereocenters. The van der Waals surface area contributed by atoms with Crippen LogP contribution < -0.4 is 5.32 Å². The Bertz CT molecular complexity index is 437. The zero-order valence-electron chi connectivity index (χ0n) is 12.4. The molecule has 2 aliphatic rings. The minimum Gasteiger partial charge on any atom is -0.382 e. The lowest BCUT2D eigenvalue weighted by molar-refractivity contribution is 0.281. The third-order valence-electron chi connectivity index (χ3n) is 4.99. The van der Waals surface area contributed by atoms with Crippen molar-refractivity contribution in [3.8, 4) is 0 Å². The van der Waals surface area contributed by atoms with Crippen LogP contribution in [0, 0.1) is 11.8 Å². The first kappa shape index (κ1) is 13.0. The van der Waals surface area contributed by atoms with E-state index in [2.05, 4.69) is 37.4 Å². The Balaban J connectivity index is 1.68. The Kier molecular flexibility index (Phi) is 3.81. The summed E-state index contributed by atoms with van der Waals surface area (Å²) in [5.41, 5.74) is 4.48. The molecular weight excluding hydrogens is 230 g/mol. The van der Waals surface area contributed by atoms with Gasteiger partial charge in [0.25, 0.3) is 0 Å². The third kappa shape index (κ3) is 3.13. The molecule has 1 heteroatoms. The van der Waals surface area contributed by atoms with Gasteiger partial charge in [0.1, 0.15) is 0 Å². The Morgan fingerprint density at radius 2 is 2.05 bits per heavy atom. The van der Waals surface area contributed by atoms with Crippen LogP contribution >= 0.6 is 0 Å². The second-order valence-corrected chi connectivity index (χ2v) is 6.92. The smallest absolute Gasteiger partial charge is 0.0374 e. The summed E-state index contributed by atoms with van der Waals surface area (Å²) in [4.78, 5) is 0. The van der Waals surface area contributed by atoms with Crippen LogP contribution in [0.2, 0.25) is 0 Å². The van der Waals surface area contributed by atoms with Crippen LogP contribution in [-0.2, 0) is 12.8 Å². The van der Waals surface area contributed by atoms with Gasteiger partial charge in [0.2, 0.25) is 0 Å². The van der Waals surface area contributed by atoms with E-state index in [-0.39, 0.29) is 0 Å². The van der Waals surface area contributed by atoms with Crippen molar-refractivity contribution < 1.29 is 0 Å². The molecule has 3 rings (SSSR count). The van der Waals surface area contributed by atoms with Crippen LogP contribution in [0.5, 0.6) is 0 Å². The fraction of sp³-hybridized carbons (Fsp3) is 0.667. The average Bonchev–Trinajstić information content (AvgIpc) is 2.39. The highest BCUT2D eigenvalue weighted by molar-refractivity contribution is 5.55. The summed E-state index contributed by atoms with van der Waals surface area (Å²) in [6, 6.07) is 7.76. The van der Waals surface area contributed by atoms with Crippen LogP contribution in [0.4, 0.5) is 5.69 Å². The molecule has 3 unspecified atom stereocenters. The quantitative estimate of drug-likeness (QED) is 0.802. The molecule has 0 spiro atoms. The molecule has 0 aromatic heterocycles. The monoisotopic (exact) mass is 257 g/mol. The van der Waals surface area contributed by atoms with Gasteiger partial charge in [-0.15, -0.1) is 0 Å². The van der Waals surface area contributed by atoms with Gasteiger partial charge in [0.15, 0.2) is 0 Å². The lowest BCUT2D eigenvalue weighted by atomic mass is 9.79. The molecule has 0 saturated heterocycles. The van der Waals surface area contributed by atoms with Gasteiger partial charge in [-0.2, -0.15) is 0 Å². The second kappa shape index (κ2) is 5.56. The first-order valence-electron chi connectivity index (χ1n) is 8.09. The zero-order valence-corrected chi connectivity index (χ0v) is 12.4. The van der Waals surface area contributed by atoms with Crippen LogP contribution in [0.15, 0.2) is 18.2 Å². The highest BCUT2D eigenvalue weighted by Crippen LogP contribution is 2.32. The molecule has 0 bridgehead atoms.